The number of hydrogen-bond donors (Lipinski definition) is 1. The molecule has 0 aliphatic heterocycles. The molecule has 21 heavy (non-hydrogen) atoms. The molecule has 0 bridgehead atoms. The van der Waals surface area contributed by atoms with Crippen LogP contribution in [0.4, 0.5) is 5.95 Å². The molecule has 0 radical (unpaired) electrons. The lowest BCUT2D eigenvalue weighted by atomic mass is 10.0. The number of allylic oxidation sites excluding steroid dienone is 1. The number of benzene rings is 2. The van der Waals surface area contributed by atoms with Gasteiger partial charge in [0.25, 0.3) is 0 Å². The van der Waals surface area contributed by atoms with E-state index in [0.717, 1.165) is 24.7 Å². The number of imidazole rings is 1. The molecule has 106 valence electrons. The Kier molecular flexibility index (Phi) is 3.73. The van der Waals surface area contributed by atoms with Crippen molar-refractivity contribution < 1.29 is 0 Å². The first-order valence-electron chi connectivity index (χ1n) is 7.13. The summed E-state index contributed by atoms with van der Waals surface area (Å²) in [6.45, 7) is 7.31. The standard InChI is InChI=1S/C18H19N3/c1-3-11-21-13-14(2)20-18(21)19-12-16-9-6-8-15-7-4-5-10-17(15)16/h3-10,13H,1,11-12H2,2H3,(H,19,20). The highest BCUT2D eigenvalue weighted by molar-refractivity contribution is 5.85. The van der Waals surface area contributed by atoms with Crippen LogP contribution in [0.15, 0.2) is 61.3 Å². The number of nitrogens with zero attached hydrogens (tertiary/aromatic N) is 2. The van der Waals surface area contributed by atoms with E-state index in [2.05, 4.69) is 63.9 Å². The van der Waals surface area contributed by atoms with E-state index in [9.17, 15) is 0 Å². The summed E-state index contributed by atoms with van der Waals surface area (Å²) in [5, 5.41) is 5.98. The van der Waals surface area contributed by atoms with Crippen molar-refractivity contribution in [3.05, 3.63) is 72.6 Å². The zero-order chi connectivity index (χ0) is 14.7. The van der Waals surface area contributed by atoms with Crippen LogP contribution in [0.2, 0.25) is 0 Å². The molecule has 0 unspecified atom stereocenters. The van der Waals surface area contributed by atoms with Crippen molar-refractivity contribution in [1.82, 2.24) is 9.55 Å². The number of aryl methyl sites for hydroxylation is 1. The molecule has 0 saturated heterocycles. The molecule has 0 aliphatic rings. The Morgan fingerprint density at radius 1 is 1.19 bits per heavy atom. The zero-order valence-corrected chi connectivity index (χ0v) is 12.2. The average Bonchev–Trinajstić information content (AvgIpc) is 2.85. The van der Waals surface area contributed by atoms with E-state index in [0.29, 0.717) is 0 Å². The fourth-order valence-electron chi connectivity index (χ4n) is 2.59. The van der Waals surface area contributed by atoms with Gasteiger partial charge < -0.3 is 9.88 Å². The molecule has 0 aliphatic carbocycles. The predicted molar refractivity (Wildman–Crippen MR) is 88.4 cm³/mol. The quantitative estimate of drug-likeness (QED) is 0.710. The molecule has 1 aromatic heterocycles. The Bertz CT molecular complexity index is 766. The zero-order valence-electron chi connectivity index (χ0n) is 12.2. The van der Waals surface area contributed by atoms with Crippen LogP contribution in [0.1, 0.15) is 11.3 Å². The monoisotopic (exact) mass is 277 g/mol. The van der Waals surface area contributed by atoms with E-state index in [-0.39, 0.29) is 0 Å². The topological polar surface area (TPSA) is 29.9 Å². The first-order valence-corrected chi connectivity index (χ1v) is 7.13. The largest absolute Gasteiger partial charge is 0.352 e. The lowest BCUT2D eigenvalue weighted by Gasteiger charge is -2.10. The molecule has 0 spiro atoms. The highest BCUT2D eigenvalue weighted by atomic mass is 15.2. The van der Waals surface area contributed by atoms with Gasteiger partial charge in [-0.05, 0) is 23.3 Å². The molecule has 0 saturated carbocycles. The molecule has 0 atom stereocenters. The minimum absolute atomic E-state index is 0.759. The molecule has 1 N–H and O–H groups in total. The summed E-state index contributed by atoms with van der Waals surface area (Å²) in [4.78, 5) is 4.53. The van der Waals surface area contributed by atoms with Crippen molar-refractivity contribution in [2.24, 2.45) is 0 Å². The highest BCUT2D eigenvalue weighted by Gasteiger charge is 2.05. The van der Waals surface area contributed by atoms with Crippen LogP contribution in [0.25, 0.3) is 10.8 Å². The van der Waals surface area contributed by atoms with Gasteiger partial charge in [0, 0.05) is 19.3 Å². The maximum absolute atomic E-state index is 4.53. The molecule has 2 aromatic carbocycles. The van der Waals surface area contributed by atoms with Crippen molar-refractivity contribution >= 4 is 16.7 Å². The third-order valence-electron chi connectivity index (χ3n) is 3.54. The number of nitrogens with one attached hydrogen (secondary N) is 1. The van der Waals surface area contributed by atoms with Crippen molar-refractivity contribution in [2.45, 2.75) is 20.0 Å². The van der Waals surface area contributed by atoms with Gasteiger partial charge in [-0.2, -0.15) is 0 Å². The first kappa shape index (κ1) is 13.4. The van der Waals surface area contributed by atoms with E-state index < -0.39 is 0 Å². The van der Waals surface area contributed by atoms with Crippen LogP contribution >= 0.6 is 0 Å². The smallest absolute Gasteiger partial charge is 0.203 e. The maximum atomic E-state index is 4.53. The highest BCUT2D eigenvalue weighted by Crippen LogP contribution is 2.19. The summed E-state index contributed by atoms with van der Waals surface area (Å²) in [5.74, 6) is 0.889. The van der Waals surface area contributed by atoms with Gasteiger partial charge in [-0.25, -0.2) is 4.98 Å². The van der Waals surface area contributed by atoms with Gasteiger partial charge in [0.1, 0.15) is 0 Å². The van der Waals surface area contributed by atoms with Gasteiger partial charge >= 0.3 is 0 Å². The Labute approximate surface area is 124 Å². The maximum Gasteiger partial charge on any atom is 0.203 e. The fraction of sp³-hybridized carbons (Fsp3) is 0.167. The predicted octanol–water partition coefficient (Wildman–Crippen LogP) is 4.14. The number of rotatable bonds is 5. The number of hydrogen-bond acceptors (Lipinski definition) is 2. The number of anilines is 1. The molecule has 3 heteroatoms. The Balaban J connectivity index is 1.85. The molecule has 0 amide bonds. The molecular formula is C18H19N3. The van der Waals surface area contributed by atoms with Crippen molar-refractivity contribution in [3.63, 3.8) is 0 Å². The van der Waals surface area contributed by atoms with Gasteiger partial charge in [0.15, 0.2) is 0 Å². The summed E-state index contributed by atoms with van der Waals surface area (Å²) in [6, 6.07) is 14.8. The van der Waals surface area contributed by atoms with Gasteiger partial charge in [-0.1, -0.05) is 48.5 Å². The Morgan fingerprint density at radius 2 is 2.00 bits per heavy atom. The molecular weight excluding hydrogens is 258 g/mol. The van der Waals surface area contributed by atoms with Crippen LogP contribution in [0.3, 0.4) is 0 Å². The molecule has 3 aromatic rings. The SMILES string of the molecule is C=CCn1cc(C)nc1NCc1cccc2ccccc12. The molecule has 3 rings (SSSR count). The lowest BCUT2D eigenvalue weighted by Crippen LogP contribution is -2.07. The third-order valence-corrected chi connectivity index (χ3v) is 3.54. The van der Waals surface area contributed by atoms with E-state index in [4.69, 9.17) is 0 Å². The van der Waals surface area contributed by atoms with E-state index >= 15 is 0 Å². The number of fused-ring (bicyclic) bond motifs is 1. The Hall–Kier alpha value is -2.55. The van der Waals surface area contributed by atoms with Crippen molar-refractivity contribution in [3.8, 4) is 0 Å². The van der Waals surface area contributed by atoms with Crippen molar-refractivity contribution in [1.29, 1.82) is 0 Å². The second-order valence-corrected chi connectivity index (χ2v) is 5.14. The normalized spacial score (nSPS) is 10.7. The first-order chi connectivity index (χ1) is 10.3. The minimum atomic E-state index is 0.759. The van der Waals surface area contributed by atoms with E-state index in [1.807, 2.05) is 19.2 Å². The van der Waals surface area contributed by atoms with Gasteiger partial charge in [-0.3, -0.25) is 0 Å². The summed E-state index contributed by atoms with van der Waals surface area (Å²) < 4.78 is 2.08. The molecule has 3 nitrogen and oxygen atoms in total. The minimum Gasteiger partial charge on any atom is -0.352 e. The molecule has 0 fully saturated rings. The van der Waals surface area contributed by atoms with E-state index in [1.54, 1.807) is 0 Å². The van der Waals surface area contributed by atoms with E-state index in [1.165, 1.54) is 16.3 Å². The van der Waals surface area contributed by atoms with Gasteiger partial charge in [-0.15, -0.1) is 6.58 Å². The lowest BCUT2D eigenvalue weighted by molar-refractivity contribution is 0.820. The average molecular weight is 277 g/mol. The van der Waals surface area contributed by atoms with Crippen LogP contribution in [-0.2, 0) is 13.1 Å². The van der Waals surface area contributed by atoms with Crippen LogP contribution in [0.5, 0.6) is 0 Å². The summed E-state index contributed by atoms with van der Waals surface area (Å²) in [5.41, 5.74) is 2.29. The van der Waals surface area contributed by atoms with Crippen LogP contribution < -0.4 is 5.32 Å². The molecule has 1 heterocycles. The second kappa shape index (κ2) is 5.83. The summed E-state index contributed by atoms with van der Waals surface area (Å²) in [7, 11) is 0. The van der Waals surface area contributed by atoms with Crippen molar-refractivity contribution in [2.75, 3.05) is 5.32 Å². The van der Waals surface area contributed by atoms with Gasteiger partial charge in [0.05, 0.1) is 5.69 Å². The second-order valence-electron chi connectivity index (χ2n) is 5.14. The Morgan fingerprint density at radius 3 is 2.86 bits per heavy atom. The fourth-order valence-corrected chi connectivity index (χ4v) is 2.59. The summed E-state index contributed by atoms with van der Waals surface area (Å²) >= 11 is 0. The summed E-state index contributed by atoms with van der Waals surface area (Å²) in [6.07, 6.45) is 3.91. The van der Waals surface area contributed by atoms with Gasteiger partial charge in [0.2, 0.25) is 5.95 Å². The van der Waals surface area contributed by atoms with Crippen LogP contribution in [-0.4, -0.2) is 9.55 Å². The number of aromatic nitrogens is 2. The third kappa shape index (κ3) is 2.82. The van der Waals surface area contributed by atoms with Crippen LogP contribution in [0, 0.1) is 6.92 Å².